The van der Waals surface area contributed by atoms with E-state index >= 15 is 0 Å². The number of hydrogen-bond acceptors (Lipinski definition) is 2. The van der Waals surface area contributed by atoms with E-state index in [1.807, 2.05) is 19.2 Å². The van der Waals surface area contributed by atoms with E-state index in [2.05, 4.69) is 16.0 Å². The molecule has 1 heterocycles. The summed E-state index contributed by atoms with van der Waals surface area (Å²) in [7, 11) is 0. The summed E-state index contributed by atoms with van der Waals surface area (Å²) in [4.78, 5) is 7.42. The van der Waals surface area contributed by atoms with Crippen LogP contribution < -0.4 is 4.90 Å². The molecule has 0 radical (unpaired) electrons. The van der Waals surface area contributed by atoms with E-state index < -0.39 is 0 Å². The number of aromatic nitrogens is 1. The molecule has 1 fully saturated rings. The first kappa shape index (κ1) is 11.5. The Morgan fingerprint density at radius 1 is 1.38 bits per heavy atom. The van der Waals surface area contributed by atoms with Gasteiger partial charge in [0.15, 0.2) is 0 Å². The van der Waals surface area contributed by atoms with Crippen LogP contribution in [-0.2, 0) is 0 Å². The maximum absolute atomic E-state index is 5.38. The fourth-order valence-electron chi connectivity index (χ4n) is 2.49. The molecule has 1 aromatic rings. The third-order valence-corrected chi connectivity index (χ3v) is 3.40. The number of thiocarbonyl (C=S) groups is 1. The number of pyridine rings is 1. The number of nitrogens with zero attached hydrogens (tertiary/aromatic N) is 2. The van der Waals surface area contributed by atoms with E-state index in [-0.39, 0.29) is 0 Å². The summed E-state index contributed by atoms with van der Waals surface area (Å²) in [5.74, 6) is 0. The van der Waals surface area contributed by atoms with Gasteiger partial charge < -0.3 is 4.90 Å². The standard InChI is InChI=1S/C13H18N2S/c1-11(16)15(12-6-3-2-4-7-12)13-8-5-9-14-10-13/h5,8-10,12H,2-4,6-7H2,1H3. The SMILES string of the molecule is CC(=S)N(c1cccnc1)C1CCCCC1. The van der Waals surface area contributed by atoms with Gasteiger partial charge in [-0.1, -0.05) is 31.5 Å². The maximum atomic E-state index is 5.38. The zero-order valence-corrected chi connectivity index (χ0v) is 10.5. The van der Waals surface area contributed by atoms with Crippen molar-refractivity contribution in [3.05, 3.63) is 24.5 Å². The average Bonchev–Trinajstić information content (AvgIpc) is 2.31. The quantitative estimate of drug-likeness (QED) is 0.728. The fourth-order valence-corrected chi connectivity index (χ4v) is 2.74. The van der Waals surface area contributed by atoms with Crippen molar-refractivity contribution >= 4 is 22.9 Å². The normalized spacial score (nSPS) is 17.1. The molecule has 2 nitrogen and oxygen atoms in total. The van der Waals surface area contributed by atoms with Crippen LogP contribution in [0.3, 0.4) is 0 Å². The molecule has 3 heteroatoms. The van der Waals surface area contributed by atoms with Crippen LogP contribution in [0.1, 0.15) is 39.0 Å². The molecule has 0 unspecified atom stereocenters. The van der Waals surface area contributed by atoms with Gasteiger partial charge in [0, 0.05) is 12.2 Å². The average molecular weight is 234 g/mol. The number of anilines is 1. The van der Waals surface area contributed by atoms with Crippen molar-refractivity contribution in [2.45, 2.75) is 45.1 Å². The molecule has 0 spiro atoms. The molecule has 0 amide bonds. The van der Waals surface area contributed by atoms with E-state index in [0.29, 0.717) is 6.04 Å². The van der Waals surface area contributed by atoms with Crippen LogP contribution in [-0.4, -0.2) is 16.0 Å². The molecular formula is C13H18N2S. The van der Waals surface area contributed by atoms with Gasteiger partial charge in [-0.2, -0.15) is 0 Å². The minimum absolute atomic E-state index is 0.579. The summed E-state index contributed by atoms with van der Waals surface area (Å²) in [5.41, 5.74) is 1.14. The molecular weight excluding hydrogens is 216 g/mol. The third kappa shape index (κ3) is 2.59. The Morgan fingerprint density at radius 2 is 2.12 bits per heavy atom. The maximum Gasteiger partial charge on any atom is 0.0795 e. The lowest BCUT2D eigenvalue weighted by atomic mass is 9.94. The van der Waals surface area contributed by atoms with Crippen molar-refractivity contribution in [3.8, 4) is 0 Å². The molecule has 1 aliphatic rings. The van der Waals surface area contributed by atoms with Crippen LogP contribution >= 0.6 is 12.2 Å². The molecule has 0 aliphatic heterocycles. The van der Waals surface area contributed by atoms with Crippen LogP contribution in [0.2, 0.25) is 0 Å². The molecule has 16 heavy (non-hydrogen) atoms. The lowest BCUT2D eigenvalue weighted by Crippen LogP contribution is -2.39. The van der Waals surface area contributed by atoms with Crippen molar-refractivity contribution in [1.82, 2.24) is 4.98 Å². The van der Waals surface area contributed by atoms with Crippen molar-refractivity contribution in [3.63, 3.8) is 0 Å². The predicted molar refractivity (Wildman–Crippen MR) is 71.9 cm³/mol. The highest BCUT2D eigenvalue weighted by molar-refractivity contribution is 7.80. The smallest absolute Gasteiger partial charge is 0.0795 e. The van der Waals surface area contributed by atoms with Crippen molar-refractivity contribution in [2.75, 3.05) is 4.90 Å². The summed E-state index contributed by atoms with van der Waals surface area (Å²) in [6.45, 7) is 2.01. The van der Waals surface area contributed by atoms with E-state index in [0.717, 1.165) is 10.7 Å². The van der Waals surface area contributed by atoms with Crippen molar-refractivity contribution in [2.24, 2.45) is 0 Å². The summed E-state index contributed by atoms with van der Waals surface area (Å²) in [6, 6.07) is 4.65. The Kier molecular flexibility index (Phi) is 3.88. The van der Waals surface area contributed by atoms with Gasteiger partial charge in [0.25, 0.3) is 0 Å². The second kappa shape index (κ2) is 5.39. The first-order valence-corrected chi connectivity index (χ1v) is 6.39. The molecule has 0 N–H and O–H groups in total. The van der Waals surface area contributed by atoms with Gasteiger partial charge in [-0.25, -0.2) is 0 Å². The molecule has 1 saturated carbocycles. The Balaban J connectivity index is 2.20. The Morgan fingerprint density at radius 3 is 2.69 bits per heavy atom. The Hall–Kier alpha value is -0.960. The monoisotopic (exact) mass is 234 g/mol. The summed E-state index contributed by atoms with van der Waals surface area (Å²) in [6.07, 6.45) is 10.2. The van der Waals surface area contributed by atoms with E-state index in [9.17, 15) is 0 Å². The molecule has 0 aromatic carbocycles. The second-order valence-electron chi connectivity index (χ2n) is 4.39. The van der Waals surface area contributed by atoms with Gasteiger partial charge in [0.2, 0.25) is 0 Å². The van der Waals surface area contributed by atoms with Crippen LogP contribution in [0.25, 0.3) is 0 Å². The largest absolute Gasteiger partial charge is 0.332 e. The molecule has 0 saturated heterocycles. The van der Waals surface area contributed by atoms with E-state index in [4.69, 9.17) is 12.2 Å². The topological polar surface area (TPSA) is 16.1 Å². The predicted octanol–water partition coefficient (Wildman–Crippen LogP) is 3.57. The van der Waals surface area contributed by atoms with Crippen LogP contribution in [0.4, 0.5) is 5.69 Å². The van der Waals surface area contributed by atoms with Crippen LogP contribution in [0, 0.1) is 0 Å². The van der Waals surface area contributed by atoms with Crippen molar-refractivity contribution in [1.29, 1.82) is 0 Å². The summed E-state index contributed by atoms with van der Waals surface area (Å²) >= 11 is 5.38. The van der Waals surface area contributed by atoms with Gasteiger partial charge in [-0.15, -0.1) is 0 Å². The minimum Gasteiger partial charge on any atom is -0.332 e. The van der Waals surface area contributed by atoms with Crippen LogP contribution in [0.5, 0.6) is 0 Å². The molecule has 86 valence electrons. The summed E-state index contributed by atoms with van der Waals surface area (Å²) < 4.78 is 0. The van der Waals surface area contributed by atoms with Gasteiger partial charge >= 0.3 is 0 Å². The number of hydrogen-bond donors (Lipinski definition) is 0. The molecule has 1 aliphatic carbocycles. The lowest BCUT2D eigenvalue weighted by Gasteiger charge is -2.35. The molecule has 2 rings (SSSR count). The summed E-state index contributed by atoms with van der Waals surface area (Å²) in [5, 5.41) is 0. The molecule has 0 bridgehead atoms. The zero-order valence-electron chi connectivity index (χ0n) is 9.72. The second-order valence-corrected chi connectivity index (χ2v) is 4.98. The first-order valence-electron chi connectivity index (χ1n) is 5.99. The van der Waals surface area contributed by atoms with E-state index in [1.54, 1.807) is 6.20 Å². The fraction of sp³-hybridized carbons (Fsp3) is 0.538. The highest BCUT2D eigenvalue weighted by Crippen LogP contribution is 2.27. The number of rotatable bonds is 2. The van der Waals surface area contributed by atoms with Crippen LogP contribution in [0.15, 0.2) is 24.5 Å². The Labute approximate surface area is 103 Å². The third-order valence-electron chi connectivity index (χ3n) is 3.20. The van der Waals surface area contributed by atoms with Gasteiger partial charge in [0.1, 0.15) is 0 Å². The highest BCUT2D eigenvalue weighted by Gasteiger charge is 2.22. The lowest BCUT2D eigenvalue weighted by molar-refractivity contribution is 0.440. The van der Waals surface area contributed by atoms with Gasteiger partial charge in [-0.05, 0) is 31.9 Å². The first-order chi connectivity index (χ1) is 7.79. The zero-order chi connectivity index (χ0) is 11.4. The van der Waals surface area contributed by atoms with Gasteiger partial charge in [0.05, 0.1) is 16.9 Å². The van der Waals surface area contributed by atoms with Gasteiger partial charge in [-0.3, -0.25) is 4.98 Å². The molecule has 0 atom stereocenters. The molecule has 1 aromatic heterocycles. The van der Waals surface area contributed by atoms with Crippen molar-refractivity contribution < 1.29 is 0 Å². The highest BCUT2D eigenvalue weighted by atomic mass is 32.1. The minimum atomic E-state index is 0.579. The van der Waals surface area contributed by atoms with E-state index in [1.165, 1.54) is 32.1 Å². The Bertz CT molecular complexity index is 344.